The van der Waals surface area contributed by atoms with Gasteiger partial charge in [-0.25, -0.2) is 8.78 Å². The van der Waals surface area contributed by atoms with Gasteiger partial charge in [0.15, 0.2) is 11.6 Å². The second-order valence-corrected chi connectivity index (χ2v) is 11.4. The molecule has 5 aromatic rings. The summed E-state index contributed by atoms with van der Waals surface area (Å²) in [4.78, 5) is 33.5. The van der Waals surface area contributed by atoms with Gasteiger partial charge in [-0.2, -0.15) is 5.26 Å². The Bertz CT molecular complexity index is 2160. The van der Waals surface area contributed by atoms with Crippen molar-refractivity contribution in [1.29, 1.82) is 5.26 Å². The van der Waals surface area contributed by atoms with Crippen molar-refractivity contribution in [3.63, 3.8) is 0 Å². The summed E-state index contributed by atoms with van der Waals surface area (Å²) in [6.07, 6.45) is 3.55. The van der Waals surface area contributed by atoms with Gasteiger partial charge in [0.05, 0.1) is 30.9 Å². The van der Waals surface area contributed by atoms with Crippen LogP contribution in [0.15, 0.2) is 77.9 Å². The number of pyridine rings is 2. The third kappa shape index (κ3) is 6.64. The molecule has 2 aliphatic rings. The van der Waals surface area contributed by atoms with Crippen molar-refractivity contribution in [2.75, 3.05) is 51.4 Å². The fourth-order valence-electron chi connectivity index (χ4n) is 5.78. The first kappa shape index (κ1) is 31.7. The smallest absolute Gasteiger partial charge is 0.271 e. The normalized spacial score (nSPS) is 14.1. The maximum atomic E-state index is 15.4. The monoisotopic (exact) mass is 665 g/mol. The third-order valence-corrected chi connectivity index (χ3v) is 8.29. The molecule has 49 heavy (non-hydrogen) atoms. The van der Waals surface area contributed by atoms with Gasteiger partial charge in [-0.3, -0.25) is 24.0 Å². The zero-order valence-corrected chi connectivity index (χ0v) is 26.1. The summed E-state index contributed by atoms with van der Waals surface area (Å²) in [6, 6.07) is 16.1. The van der Waals surface area contributed by atoms with E-state index in [-0.39, 0.29) is 40.7 Å². The van der Waals surface area contributed by atoms with E-state index in [2.05, 4.69) is 21.3 Å². The van der Waals surface area contributed by atoms with Crippen molar-refractivity contribution in [3.05, 3.63) is 112 Å². The van der Waals surface area contributed by atoms with Gasteiger partial charge in [0.1, 0.15) is 41.3 Å². The average Bonchev–Trinajstić information content (AvgIpc) is 3.58. The minimum Gasteiger partial charge on any atom is -0.492 e. The molecule has 0 atom stereocenters. The molecule has 1 N–H and O–H groups in total. The molecule has 0 unspecified atom stereocenters. The number of nitrogens with one attached hydrogen (secondary N) is 1. The number of benzene rings is 3. The summed E-state index contributed by atoms with van der Waals surface area (Å²) in [7, 11) is 0. The van der Waals surface area contributed by atoms with Crippen LogP contribution in [0.25, 0.3) is 16.6 Å². The van der Waals surface area contributed by atoms with Gasteiger partial charge in [-0.1, -0.05) is 0 Å². The number of fused-ring (bicyclic) bond motifs is 2. The summed E-state index contributed by atoms with van der Waals surface area (Å²) in [5.41, 5.74) is 0.939. The lowest BCUT2D eigenvalue weighted by Gasteiger charge is -2.26. The molecule has 11 nitrogen and oxygen atoms in total. The van der Waals surface area contributed by atoms with Crippen LogP contribution < -0.4 is 25.1 Å². The van der Waals surface area contributed by atoms with Crippen molar-refractivity contribution >= 4 is 22.5 Å². The number of amides is 1. The average molecular weight is 666 g/mol. The van der Waals surface area contributed by atoms with E-state index < -0.39 is 23.1 Å². The molecule has 7 rings (SSSR count). The number of rotatable bonds is 9. The highest BCUT2D eigenvalue weighted by atomic mass is 19.1. The molecule has 0 bridgehead atoms. The lowest BCUT2D eigenvalue weighted by molar-refractivity contribution is 0.0322. The number of carbonyl (C=O) groups excluding carboxylic acids is 1. The number of carbonyl (C=O) groups is 1. The van der Waals surface area contributed by atoms with E-state index in [9.17, 15) is 19.2 Å². The molecule has 1 fully saturated rings. The Hall–Kier alpha value is -5.84. The lowest BCUT2D eigenvalue weighted by Crippen LogP contribution is -2.38. The molecule has 1 amide bonds. The summed E-state index contributed by atoms with van der Waals surface area (Å²) in [5, 5.41) is 12.9. The Labute approximate surface area is 278 Å². The van der Waals surface area contributed by atoms with Crippen molar-refractivity contribution in [1.82, 2.24) is 14.5 Å². The first-order valence-electron chi connectivity index (χ1n) is 15.6. The predicted octanol–water partition coefficient (Wildman–Crippen LogP) is 5.23. The summed E-state index contributed by atoms with van der Waals surface area (Å²) in [6.45, 7) is 4.35. The molecule has 1 saturated heterocycles. The van der Waals surface area contributed by atoms with E-state index in [4.69, 9.17) is 18.9 Å². The van der Waals surface area contributed by atoms with Crippen LogP contribution in [-0.2, 0) is 11.2 Å². The molecular weight excluding hydrogens is 636 g/mol. The van der Waals surface area contributed by atoms with Crippen LogP contribution >= 0.6 is 0 Å². The molecule has 0 radical (unpaired) electrons. The zero-order chi connectivity index (χ0) is 33.9. The van der Waals surface area contributed by atoms with Crippen LogP contribution in [0.1, 0.15) is 21.5 Å². The zero-order valence-electron chi connectivity index (χ0n) is 26.1. The van der Waals surface area contributed by atoms with E-state index in [1.54, 1.807) is 24.4 Å². The van der Waals surface area contributed by atoms with Crippen LogP contribution in [0.4, 0.5) is 14.5 Å². The quantitative estimate of drug-likeness (QED) is 0.225. The van der Waals surface area contributed by atoms with E-state index in [1.165, 1.54) is 47.2 Å². The second kappa shape index (κ2) is 13.7. The Kier molecular flexibility index (Phi) is 8.89. The number of hydrogen-bond acceptors (Lipinski definition) is 9. The number of anilines is 1. The molecule has 248 valence electrons. The molecule has 2 aromatic heterocycles. The standard InChI is InChI=1S/C36H29F2N5O6/c37-24-1-4-26(5-2-24)43-21-22-8-13-48-34(22)33(36(43)45)35(44)41-25-3-6-31(28(38)18-25)49-30-7-9-40-29-19-32(23(20-39)17-27(29)30)47-16-12-42-10-14-46-15-11-42/h1-7,9,17-19,21H,8,10-16H2,(H,41,44). The molecule has 4 heterocycles. The summed E-state index contributed by atoms with van der Waals surface area (Å²) < 4.78 is 53.1. The number of hydrogen-bond donors (Lipinski definition) is 1. The predicted molar refractivity (Wildman–Crippen MR) is 175 cm³/mol. The van der Waals surface area contributed by atoms with Gasteiger partial charge in [-0.15, -0.1) is 0 Å². The first-order valence-corrected chi connectivity index (χ1v) is 15.6. The van der Waals surface area contributed by atoms with Gasteiger partial charge >= 0.3 is 0 Å². The molecule has 13 heteroatoms. The second-order valence-electron chi connectivity index (χ2n) is 11.4. The molecule has 2 aliphatic heterocycles. The number of aromatic nitrogens is 2. The van der Waals surface area contributed by atoms with E-state index in [0.717, 1.165) is 19.2 Å². The lowest BCUT2D eigenvalue weighted by atomic mass is 10.1. The minimum atomic E-state index is -0.792. The van der Waals surface area contributed by atoms with E-state index in [0.29, 0.717) is 60.7 Å². The van der Waals surface area contributed by atoms with Crippen molar-refractivity contribution in [3.8, 4) is 34.8 Å². The molecule has 0 aliphatic carbocycles. The van der Waals surface area contributed by atoms with Crippen LogP contribution in [0.3, 0.4) is 0 Å². The topological polar surface area (TPSA) is 128 Å². The third-order valence-electron chi connectivity index (χ3n) is 8.29. The van der Waals surface area contributed by atoms with E-state index in [1.807, 2.05) is 0 Å². The van der Waals surface area contributed by atoms with Crippen molar-refractivity contribution in [2.45, 2.75) is 6.42 Å². The fraction of sp³-hybridized carbons (Fsp3) is 0.222. The number of halogens is 2. The molecule has 0 saturated carbocycles. The highest BCUT2D eigenvalue weighted by Crippen LogP contribution is 2.35. The minimum absolute atomic E-state index is 0.0726. The van der Waals surface area contributed by atoms with Crippen LogP contribution in [0.5, 0.6) is 23.0 Å². The number of morpholine rings is 1. The molecular formula is C36H29F2N5O6. The van der Waals surface area contributed by atoms with Crippen LogP contribution in [0.2, 0.25) is 0 Å². The van der Waals surface area contributed by atoms with Gasteiger partial charge < -0.3 is 24.3 Å². The first-order chi connectivity index (χ1) is 23.9. The van der Waals surface area contributed by atoms with Crippen molar-refractivity contribution in [2.24, 2.45) is 0 Å². The highest BCUT2D eigenvalue weighted by Gasteiger charge is 2.27. The Morgan fingerprint density at radius 2 is 1.82 bits per heavy atom. The Morgan fingerprint density at radius 3 is 2.59 bits per heavy atom. The Balaban J connectivity index is 1.10. The van der Waals surface area contributed by atoms with Gasteiger partial charge in [0.2, 0.25) is 0 Å². The largest absolute Gasteiger partial charge is 0.492 e. The fourth-order valence-corrected chi connectivity index (χ4v) is 5.78. The summed E-state index contributed by atoms with van der Waals surface area (Å²) in [5.74, 6) is -1.38. The number of ether oxygens (including phenoxy) is 4. The van der Waals surface area contributed by atoms with Gasteiger partial charge in [0.25, 0.3) is 11.5 Å². The van der Waals surface area contributed by atoms with Crippen LogP contribution in [0, 0.1) is 23.0 Å². The maximum absolute atomic E-state index is 15.4. The maximum Gasteiger partial charge on any atom is 0.271 e. The van der Waals surface area contributed by atoms with E-state index >= 15 is 4.39 Å². The summed E-state index contributed by atoms with van der Waals surface area (Å²) >= 11 is 0. The molecule has 3 aromatic carbocycles. The highest BCUT2D eigenvalue weighted by molar-refractivity contribution is 6.06. The number of nitriles is 1. The van der Waals surface area contributed by atoms with Gasteiger partial charge in [-0.05, 0) is 48.5 Å². The SMILES string of the molecule is N#Cc1cc2c(Oc3ccc(NC(=O)c4c5c(cn(-c6ccc(F)cc6)c4=O)CCO5)cc3F)ccnc2cc1OCCN1CCOCC1. The number of nitrogens with zero attached hydrogens (tertiary/aromatic N) is 4. The van der Waals surface area contributed by atoms with Gasteiger partial charge in [0, 0.05) is 72.9 Å². The molecule has 0 spiro atoms. The van der Waals surface area contributed by atoms with Crippen molar-refractivity contribution < 1.29 is 32.5 Å². The Morgan fingerprint density at radius 1 is 1.00 bits per heavy atom. The van der Waals surface area contributed by atoms with Crippen LogP contribution in [-0.4, -0.2) is 66.4 Å².